The molecule has 8 heavy (non-hydrogen) atoms. The molecule has 5 heteroatoms. The summed E-state index contributed by atoms with van der Waals surface area (Å²) in [6, 6.07) is 0. The van der Waals surface area contributed by atoms with Crippen LogP contribution in [0.15, 0.2) is 0 Å². The second kappa shape index (κ2) is 1.68. The Bertz CT molecular complexity index is 173. The molecule has 0 saturated carbocycles. The third kappa shape index (κ3) is 1.18. The van der Waals surface area contributed by atoms with E-state index in [4.69, 9.17) is 0 Å². The Kier molecular flexibility index (Phi) is 1.26. The third-order valence-corrected chi connectivity index (χ3v) is 2.06. The maximum absolute atomic E-state index is 10.4. The van der Waals surface area contributed by atoms with Gasteiger partial charge in [-0.05, 0) is 0 Å². The molecule has 0 aromatic carbocycles. The zero-order valence-corrected chi connectivity index (χ0v) is 5.31. The van der Waals surface area contributed by atoms with Crippen LogP contribution in [0.25, 0.3) is 0 Å². The number of rotatable bonds is 0. The second-order valence-corrected chi connectivity index (χ2v) is 3.36. The lowest BCUT2D eigenvalue weighted by atomic mass is 10.8. The van der Waals surface area contributed by atoms with Gasteiger partial charge in [-0.2, -0.15) is 17.8 Å². The lowest BCUT2D eigenvalue weighted by Gasteiger charge is -1.98. The van der Waals surface area contributed by atoms with E-state index in [2.05, 4.69) is 4.28 Å². The van der Waals surface area contributed by atoms with Crippen molar-refractivity contribution in [1.29, 1.82) is 0 Å². The summed E-state index contributed by atoms with van der Waals surface area (Å²) < 4.78 is 25.1. The van der Waals surface area contributed by atoms with Crippen molar-refractivity contribution in [2.24, 2.45) is 0 Å². The predicted molar refractivity (Wildman–Crippen MR) is 27.5 cm³/mol. The highest BCUT2D eigenvalue weighted by Gasteiger charge is 2.23. The van der Waals surface area contributed by atoms with Crippen LogP contribution in [0.5, 0.6) is 0 Å². The second-order valence-electron chi connectivity index (χ2n) is 1.69. The van der Waals surface area contributed by atoms with Gasteiger partial charge in [-0.15, -0.1) is 0 Å². The Balaban J connectivity index is 2.71. The Morgan fingerprint density at radius 3 is 2.38 bits per heavy atom. The van der Waals surface area contributed by atoms with Crippen molar-refractivity contribution in [3.8, 4) is 0 Å². The van der Waals surface area contributed by atoms with Gasteiger partial charge in [0.2, 0.25) is 0 Å². The molecule has 0 aromatic rings. The maximum Gasteiger partial charge on any atom is 0.284 e. The molecule has 1 fully saturated rings. The summed E-state index contributed by atoms with van der Waals surface area (Å²) >= 11 is 0. The van der Waals surface area contributed by atoms with E-state index in [0.717, 1.165) is 0 Å². The normalized spacial score (nSPS) is 28.6. The summed E-state index contributed by atoms with van der Waals surface area (Å²) in [5, 5.41) is 1.30. The number of nitrogens with zero attached hydrogens (tertiary/aromatic N) is 1. The highest BCUT2D eigenvalue weighted by Crippen LogP contribution is 2.04. The standard InChI is InChI=1S/C3H7NO3S/c1-4-2-3-8(5,6)7-4/h2-3H2,1H3. The zero-order chi connectivity index (χ0) is 6.20. The summed E-state index contributed by atoms with van der Waals surface area (Å²) in [5.74, 6) is 0.115. The average Bonchev–Trinajstić information content (AvgIpc) is 1.82. The molecule has 0 spiro atoms. The Labute approximate surface area is 48.1 Å². The first-order chi connectivity index (χ1) is 3.60. The van der Waals surface area contributed by atoms with Crippen molar-refractivity contribution in [3.05, 3.63) is 0 Å². The molecule has 1 aliphatic heterocycles. The average molecular weight is 137 g/mol. The van der Waals surface area contributed by atoms with Crippen LogP contribution in [-0.4, -0.2) is 32.8 Å². The highest BCUT2D eigenvalue weighted by molar-refractivity contribution is 7.86. The van der Waals surface area contributed by atoms with Gasteiger partial charge in [0.1, 0.15) is 0 Å². The molecule has 0 bridgehead atoms. The fraction of sp³-hybridized carbons (Fsp3) is 1.00. The molecule has 0 aliphatic carbocycles. The molecular weight excluding hydrogens is 130 g/mol. The van der Waals surface area contributed by atoms with Crippen LogP contribution in [0, 0.1) is 0 Å². The SMILES string of the molecule is CN1CCS(=O)(=O)O1. The monoisotopic (exact) mass is 137 g/mol. The van der Waals surface area contributed by atoms with Crippen LogP contribution >= 0.6 is 0 Å². The minimum absolute atomic E-state index is 0.115. The molecule has 0 radical (unpaired) electrons. The maximum atomic E-state index is 10.4. The number of hydrogen-bond donors (Lipinski definition) is 0. The minimum Gasteiger partial charge on any atom is -0.198 e. The lowest BCUT2D eigenvalue weighted by Crippen LogP contribution is -2.10. The molecule has 0 atom stereocenters. The molecule has 1 heterocycles. The van der Waals surface area contributed by atoms with Gasteiger partial charge in [0.15, 0.2) is 0 Å². The largest absolute Gasteiger partial charge is 0.284 e. The van der Waals surface area contributed by atoms with Crippen molar-refractivity contribution in [2.75, 3.05) is 19.3 Å². The van der Waals surface area contributed by atoms with Gasteiger partial charge in [-0.25, -0.2) is 0 Å². The smallest absolute Gasteiger partial charge is 0.198 e. The van der Waals surface area contributed by atoms with Crippen LogP contribution in [0.1, 0.15) is 0 Å². The van der Waals surface area contributed by atoms with Crippen LogP contribution in [0.4, 0.5) is 0 Å². The van der Waals surface area contributed by atoms with E-state index in [1.165, 1.54) is 5.06 Å². The summed E-state index contributed by atoms with van der Waals surface area (Å²) in [7, 11) is -1.58. The summed E-state index contributed by atoms with van der Waals surface area (Å²) in [4.78, 5) is 0. The Morgan fingerprint density at radius 2 is 2.25 bits per heavy atom. The van der Waals surface area contributed by atoms with Gasteiger partial charge >= 0.3 is 0 Å². The van der Waals surface area contributed by atoms with E-state index >= 15 is 0 Å². The molecule has 4 nitrogen and oxygen atoms in total. The quantitative estimate of drug-likeness (QED) is 0.438. The molecule has 48 valence electrons. The lowest BCUT2D eigenvalue weighted by molar-refractivity contribution is 0.00518. The van der Waals surface area contributed by atoms with E-state index in [9.17, 15) is 8.42 Å². The van der Waals surface area contributed by atoms with E-state index < -0.39 is 10.1 Å². The summed E-state index contributed by atoms with van der Waals surface area (Å²) in [6.07, 6.45) is 0. The van der Waals surface area contributed by atoms with E-state index in [-0.39, 0.29) is 5.75 Å². The Morgan fingerprint density at radius 1 is 1.62 bits per heavy atom. The Hall–Kier alpha value is -0.130. The van der Waals surface area contributed by atoms with Crippen molar-refractivity contribution in [1.82, 2.24) is 5.06 Å². The third-order valence-electron chi connectivity index (χ3n) is 0.897. The van der Waals surface area contributed by atoms with E-state index in [1.807, 2.05) is 0 Å². The van der Waals surface area contributed by atoms with E-state index in [1.54, 1.807) is 7.05 Å². The topological polar surface area (TPSA) is 46.6 Å². The van der Waals surface area contributed by atoms with Gasteiger partial charge in [0.05, 0.1) is 5.75 Å². The zero-order valence-electron chi connectivity index (χ0n) is 4.49. The van der Waals surface area contributed by atoms with Crippen molar-refractivity contribution < 1.29 is 12.7 Å². The molecule has 0 N–H and O–H groups in total. The van der Waals surface area contributed by atoms with Gasteiger partial charge in [-0.1, -0.05) is 0 Å². The van der Waals surface area contributed by atoms with E-state index in [0.29, 0.717) is 6.54 Å². The molecule has 1 aliphatic rings. The highest BCUT2D eigenvalue weighted by atomic mass is 32.2. The van der Waals surface area contributed by atoms with Gasteiger partial charge in [-0.3, -0.25) is 0 Å². The van der Waals surface area contributed by atoms with Gasteiger partial charge < -0.3 is 0 Å². The predicted octanol–water partition coefficient (Wildman–Crippen LogP) is -0.807. The van der Waals surface area contributed by atoms with Crippen molar-refractivity contribution in [2.45, 2.75) is 0 Å². The molecule has 0 amide bonds. The first kappa shape index (κ1) is 6.00. The number of hydrogen-bond acceptors (Lipinski definition) is 4. The van der Waals surface area contributed by atoms with Gasteiger partial charge in [0, 0.05) is 13.6 Å². The van der Waals surface area contributed by atoms with Crippen LogP contribution in [-0.2, 0) is 14.4 Å². The van der Waals surface area contributed by atoms with Gasteiger partial charge in [0.25, 0.3) is 10.1 Å². The minimum atomic E-state index is -3.17. The molecule has 0 unspecified atom stereocenters. The first-order valence-electron chi connectivity index (χ1n) is 2.23. The fourth-order valence-electron chi connectivity index (χ4n) is 0.509. The molecule has 1 saturated heterocycles. The molecular formula is C3H7NO3S. The number of hydroxylamine groups is 2. The van der Waals surface area contributed by atoms with Crippen LogP contribution in [0.3, 0.4) is 0 Å². The summed E-state index contributed by atoms with van der Waals surface area (Å²) in [5.41, 5.74) is 0. The summed E-state index contributed by atoms with van der Waals surface area (Å²) in [6.45, 7) is 0.475. The van der Waals surface area contributed by atoms with Crippen LogP contribution in [0.2, 0.25) is 0 Å². The first-order valence-corrected chi connectivity index (χ1v) is 3.81. The van der Waals surface area contributed by atoms with Crippen LogP contribution < -0.4 is 0 Å². The van der Waals surface area contributed by atoms with Crippen molar-refractivity contribution >= 4 is 10.1 Å². The fourth-order valence-corrected chi connectivity index (χ4v) is 1.53. The molecule has 0 aromatic heterocycles. The van der Waals surface area contributed by atoms with Crippen molar-refractivity contribution in [3.63, 3.8) is 0 Å². The molecule has 1 rings (SSSR count).